The quantitative estimate of drug-likeness (QED) is 0.843. The minimum absolute atomic E-state index is 0.137. The number of hydrogen-bond acceptors (Lipinski definition) is 3. The number of thioether (sulfide) groups is 1. The van der Waals surface area contributed by atoms with Gasteiger partial charge >= 0.3 is 5.97 Å². The largest absolute Gasteiger partial charge is 0.481 e. The molecule has 0 radical (unpaired) electrons. The van der Waals surface area contributed by atoms with Crippen LogP contribution in [-0.2, 0) is 4.79 Å². The Kier molecular flexibility index (Phi) is 5.42. The third-order valence-corrected chi connectivity index (χ3v) is 3.72. The summed E-state index contributed by atoms with van der Waals surface area (Å²) in [5.41, 5.74) is 1.53. The lowest BCUT2D eigenvalue weighted by molar-refractivity contribution is -0.141. The van der Waals surface area contributed by atoms with Crippen molar-refractivity contribution in [3.63, 3.8) is 0 Å². The number of benzene rings is 1. The molecule has 4 nitrogen and oxygen atoms in total. The topological polar surface area (TPSA) is 57.6 Å². The van der Waals surface area contributed by atoms with Crippen molar-refractivity contribution >= 4 is 23.6 Å². The monoisotopic (exact) mass is 281 g/mol. The van der Waals surface area contributed by atoms with Gasteiger partial charge in [0, 0.05) is 24.1 Å². The Morgan fingerprint density at radius 3 is 2.58 bits per heavy atom. The Labute approximate surface area is 117 Å². The van der Waals surface area contributed by atoms with Crippen LogP contribution in [0.4, 0.5) is 0 Å². The fourth-order valence-corrected chi connectivity index (χ4v) is 2.18. The van der Waals surface area contributed by atoms with E-state index in [2.05, 4.69) is 0 Å². The number of carbonyl (C=O) groups is 2. The minimum atomic E-state index is -0.894. The third kappa shape index (κ3) is 3.99. The smallest absolute Gasteiger partial charge is 0.308 e. The molecule has 0 fully saturated rings. The number of nitrogens with zero attached hydrogens (tertiary/aromatic N) is 1. The summed E-state index contributed by atoms with van der Waals surface area (Å²) in [6, 6.07) is 5.73. The Morgan fingerprint density at radius 1 is 1.42 bits per heavy atom. The first kappa shape index (κ1) is 15.6. The Morgan fingerprint density at radius 2 is 2.05 bits per heavy atom. The van der Waals surface area contributed by atoms with Crippen molar-refractivity contribution in [1.82, 2.24) is 4.90 Å². The van der Waals surface area contributed by atoms with Gasteiger partial charge < -0.3 is 10.0 Å². The van der Waals surface area contributed by atoms with Gasteiger partial charge in [0.2, 0.25) is 0 Å². The first-order chi connectivity index (χ1) is 8.86. The van der Waals surface area contributed by atoms with E-state index in [1.165, 1.54) is 4.90 Å². The maximum absolute atomic E-state index is 12.3. The highest BCUT2D eigenvalue weighted by atomic mass is 32.2. The lowest BCUT2D eigenvalue weighted by Gasteiger charge is -2.20. The van der Waals surface area contributed by atoms with Gasteiger partial charge in [0.25, 0.3) is 5.91 Å². The van der Waals surface area contributed by atoms with Crippen LogP contribution in [-0.4, -0.2) is 41.7 Å². The summed E-state index contributed by atoms with van der Waals surface area (Å²) in [4.78, 5) is 25.6. The van der Waals surface area contributed by atoms with Gasteiger partial charge in [-0.05, 0) is 30.9 Å². The molecule has 19 heavy (non-hydrogen) atoms. The molecular weight excluding hydrogens is 262 g/mol. The molecular formula is C14H19NO3S. The molecule has 1 unspecified atom stereocenters. The van der Waals surface area contributed by atoms with Crippen LogP contribution in [0.2, 0.25) is 0 Å². The van der Waals surface area contributed by atoms with Crippen molar-refractivity contribution in [2.75, 3.05) is 19.8 Å². The second kappa shape index (κ2) is 6.61. The van der Waals surface area contributed by atoms with E-state index >= 15 is 0 Å². The number of carboxylic acids is 1. The van der Waals surface area contributed by atoms with E-state index in [1.54, 1.807) is 25.7 Å². The highest BCUT2D eigenvalue weighted by Gasteiger charge is 2.19. The van der Waals surface area contributed by atoms with Gasteiger partial charge in [0.15, 0.2) is 0 Å². The molecule has 0 saturated carbocycles. The molecule has 0 heterocycles. The predicted molar refractivity (Wildman–Crippen MR) is 76.7 cm³/mol. The standard InChI is InChI=1S/C14H19NO3S/c1-9-5-6-11(19-4)7-12(9)13(16)15(3)8-10(2)14(17)18/h5-7,10H,8H2,1-4H3,(H,17,18). The summed E-state index contributed by atoms with van der Waals surface area (Å²) >= 11 is 1.57. The summed E-state index contributed by atoms with van der Waals surface area (Å²) in [7, 11) is 1.63. The molecule has 0 bridgehead atoms. The van der Waals surface area contributed by atoms with Gasteiger partial charge in [0.05, 0.1) is 5.92 Å². The van der Waals surface area contributed by atoms with Gasteiger partial charge in [-0.2, -0.15) is 0 Å². The van der Waals surface area contributed by atoms with Gasteiger partial charge in [0.1, 0.15) is 0 Å². The summed E-state index contributed by atoms with van der Waals surface area (Å²) in [5.74, 6) is -1.60. The van der Waals surface area contributed by atoms with Crippen LogP contribution in [0, 0.1) is 12.8 Å². The SMILES string of the molecule is CSc1ccc(C)c(C(=O)N(C)CC(C)C(=O)O)c1. The molecule has 5 heteroatoms. The number of hydrogen-bond donors (Lipinski definition) is 1. The first-order valence-electron chi connectivity index (χ1n) is 5.99. The molecule has 1 N–H and O–H groups in total. The Hall–Kier alpha value is -1.49. The van der Waals surface area contributed by atoms with Crippen LogP contribution in [0.1, 0.15) is 22.8 Å². The fraction of sp³-hybridized carbons (Fsp3) is 0.429. The van der Waals surface area contributed by atoms with Crippen molar-refractivity contribution in [2.45, 2.75) is 18.7 Å². The van der Waals surface area contributed by atoms with E-state index in [0.717, 1.165) is 10.5 Å². The molecule has 0 aromatic heterocycles. The van der Waals surface area contributed by atoms with E-state index in [4.69, 9.17) is 5.11 Å². The van der Waals surface area contributed by atoms with E-state index < -0.39 is 11.9 Å². The van der Waals surface area contributed by atoms with Gasteiger partial charge in [-0.1, -0.05) is 13.0 Å². The fourth-order valence-electron chi connectivity index (χ4n) is 1.74. The number of rotatable bonds is 5. The second-order valence-corrected chi connectivity index (χ2v) is 5.49. The van der Waals surface area contributed by atoms with E-state index in [-0.39, 0.29) is 12.5 Å². The Bertz CT molecular complexity index is 488. The number of carbonyl (C=O) groups excluding carboxylic acids is 1. The van der Waals surface area contributed by atoms with E-state index in [0.29, 0.717) is 5.56 Å². The molecule has 0 spiro atoms. The van der Waals surface area contributed by atoms with E-state index in [9.17, 15) is 9.59 Å². The highest BCUT2D eigenvalue weighted by Crippen LogP contribution is 2.20. The number of aryl methyl sites for hydroxylation is 1. The van der Waals surface area contributed by atoms with Gasteiger partial charge in [-0.15, -0.1) is 11.8 Å². The van der Waals surface area contributed by atoms with Crippen molar-refractivity contribution in [1.29, 1.82) is 0 Å². The number of amides is 1. The molecule has 0 aliphatic carbocycles. The molecule has 104 valence electrons. The van der Waals surface area contributed by atoms with Crippen LogP contribution in [0.3, 0.4) is 0 Å². The summed E-state index contributed by atoms with van der Waals surface area (Å²) in [6.07, 6.45) is 1.95. The van der Waals surface area contributed by atoms with Crippen LogP contribution < -0.4 is 0 Å². The van der Waals surface area contributed by atoms with Crippen LogP contribution in [0.25, 0.3) is 0 Å². The minimum Gasteiger partial charge on any atom is -0.481 e. The maximum Gasteiger partial charge on any atom is 0.308 e. The van der Waals surface area contributed by atoms with Crippen LogP contribution >= 0.6 is 11.8 Å². The van der Waals surface area contributed by atoms with E-state index in [1.807, 2.05) is 31.4 Å². The summed E-state index contributed by atoms with van der Waals surface area (Å²) < 4.78 is 0. The predicted octanol–water partition coefficient (Wildman–Crippen LogP) is 2.51. The van der Waals surface area contributed by atoms with Gasteiger partial charge in [-0.3, -0.25) is 9.59 Å². The zero-order chi connectivity index (χ0) is 14.6. The van der Waals surface area contributed by atoms with Crippen molar-refractivity contribution in [2.24, 2.45) is 5.92 Å². The molecule has 0 aliphatic heterocycles. The van der Waals surface area contributed by atoms with Crippen LogP contribution in [0.5, 0.6) is 0 Å². The summed E-state index contributed by atoms with van der Waals surface area (Å²) in [5, 5.41) is 8.88. The maximum atomic E-state index is 12.3. The zero-order valence-corrected chi connectivity index (χ0v) is 12.5. The average Bonchev–Trinajstić information content (AvgIpc) is 2.38. The molecule has 1 amide bonds. The molecule has 0 aliphatic rings. The number of aliphatic carboxylic acids is 1. The van der Waals surface area contributed by atoms with Gasteiger partial charge in [-0.25, -0.2) is 0 Å². The van der Waals surface area contributed by atoms with Crippen molar-refractivity contribution in [3.05, 3.63) is 29.3 Å². The first-order valence-corrected chi connectivity index (χ1v) is 7.22. The summed E-state index contributed by atoms with van der Waals surface area (Å²) in [6.45, 7) is 3.68. The molecule has 1 aromatic rings. The van der Waals surface area contributed by atoms with Crippen molar-refractivity contribution in [3.8, 4) is 0 Å². The molecule has 1 rings (SSSR count). The van der Waals surface area contributed by atoms with Crippen molar-refractivity contribution < 1.29 is 14.7 Å². The highest BCUT2D eigenvalue weighted by molar-refractivity contribution is 7.98. The average molecular weight is 281 g/mol. The normalized spacial score (nSPS) is 12.0. The lowest BCUT2D eigenvalue weighted by atomic mass is 10.1. The number of carboxylic acid groups (broad SMARTS) is 1. The van der Waals surface area contributed by atoms with Crippen LogP contribution in [0.15, 0.2) is 23.1 Å². The molecule has 0 saturated heterocycles. The lowest BCUT2D eigenvalue weighted by Crippen LogP contribution is -2.34. The second-order valence-electron chi connectivity index (χ2n) is 4.61. The molecule has 1 atom stereocenters. The Balaban J connectivity index is 2.90. The zero-order valence-electron chi connectivity index (χ0n) is 11.6. The molecule has 1 aromatic carbocycles. The third-order valence-electron chi connectivity index (χ3n) is 2.99.